The number of nitrogens with one attached hydrogen (secondary N) is 1. The van der Waals surface area contributed by atoms with Gasteiger partial charge in [-0.25, -0.2) is 4.39 Å². The first-order valence-electron chi connectivity index (χ1n) is 5.54. The first kappa shape index (κ1) is 12.1. The van der Waals surface area contributed by atoms with Gasteiger partial charge in [0, 0.05) is 24.6 Å². The third-order valence-electron chi connectivity index (χ3n) is 3.06. The van der Waals surface area contributed by atoms with Gasteiger partial charge in [-0.2, -0.15) is 0 Å². The summed E-state index contributed by atoms with van der Waals surface area (Å²) in [4.78, 5) is 0. The molecule has 0 radical (unpaired) electrons. The zero-order valence-corrected chi connectivity index (χ0v) is 9.83. The van der Waals surface area contributed by atoms with E-state index in [1.54, 1.807) is 13.2 Å². The highest BCUT2D eigenvalue weighted by Crippen LogP contribution is 2.30. The van der Waals surface area contributed by atoms with Crippen LogP contribution in [-0.4, -0.2) is 33.4 Å². The molecule has 0 saturated carbocycles. The van der Waals surface area contributed by atoms with Gasteiger partial charge in [0.25, 0.3) is 0 Å². The third-order valence-corrected chi connectivity index (χ3v) is 3.06. The van der Waals surface area contributed by atoms with Crippen LogP contribution in [0.15, 0.2) is 18.2 Å². The SMILES string of the molecule is COc1ccc(F)cc1NCC1(CN)COC1. The summed E-state index contributed by atoms with van der Waals surface area (Å²) in [6.07, 6.45) is 0. The maximum absolute atomic E-state index is 13.1. The van der Waals surface area contributed by atoms with Gasteiger partial charge in [0.2, 0.25) is 0 Å². The standard InChI is InChI=1S/C12H17FN2O2/c1-16-11-3-2-9(13)4-10(11)15-6-12(5-14)7-17-8-12/h2-4,15H,5-8,14H2,1H3. The van der Waals surface area contributed by atoms with E-state index >= 15 is 0 Å². The van der Waals surface area contributed by atoms with Gasteiger partial charge in [0.1, 0.15) is 11.6 Å². The Hall–Kier alpha value is -1.33. The monoisotopic (exact) mass is 240 g/mol. The van der Waals surface area contributed by atoms with Crippen LogP contribution >= 0.6 is 0 Å². The number of methoxy groups -OCH3 is 1. The zero-order valence-electron chi connectivity index (χ0n) is 9.83. The van der Waals surface area contributed by atoms with Crippen LogP contribution in [0.25, 0.3) is 0 Å². The van der Waals surface area contributed by atoms with Crippen LogP contribution in [0.4, 0.5) is 10.1 Å². The summed E-state index contributed by atoms with van der Waals surface area (Å²) >= 11 is 0. The average Bonchev–Trinajstić information content (AvgIpc) is 2.28. The zero-order chi connectivity index (χ0) is 12.3. The van der Waals surface area contributed by atoms with Crippen LogP contribution in [0.1, 0.15) is 0 Å². The highest BCUT2D eigenvalue weighted by molar-refractivity contribution is 5.56. The van der Waals surface area contributed by atoms with Crippen molar-refractivity contribution in [2.45, 2.75) is 0 Å². The number of ether oxygens (including phenoxy) is 2. The second-order valence-corrected chi connectivity index (χ2v) is 4.40. The molecule has 1 aromatic carbocycles. The average molecular weight is 240 g/mol. The van der Waals surface area contributed by atoms with Crippen LogP contribution in [-0.2, 0) is 4.74 Å². The van der Waals surface area contributed by atoms with E-state index in [2.05, 4.69) is 5.32 Å². The Balaban J connectivity index is 2.05. The number of hydrogen-bond acceptors (Lipinski definition) is 4. The lowest BCUT2D eigenvalue weighted by atomic mass is 9.86. The molecule has 0 aliphatic carbocycles. The molecule has 1 aliphatic rings. The smallest absolute Gasteiger partial charge is 0.142 e. The Labute approximate surface area is 99.9 Å². The molecule has 0 aromatic heterocycles. The highest BCUT2D eigenvalue weighted by atomic mass is 19.1. The normalized spacial score (nSPS) is 17.4. The lowest BCUT2D eigenvalue weighted by molar-refractivity contribution is -0.0979. The number of benzene rings is 1. The Morgan fingerprint density at radius 3 is 2.82 bits per heavy atom. The largest absolute Gasteiger partial charge is 0.495 e. The summed E-state index contributed by atoms with van der Waals surface area (Å²) in [6.45, 7) is 2.50. The lowest BCUT2D eigenvalue weighted by Gasteiger charge is -2.40. The van der Waals surface area contributed by atoms with E-state index in [0.29, 0.717) is 37.7 Å². The molecular formula is C12H17FN2O2. The fourth-order valence-corrected chi connectivity index (χ4v) is 1.78. The molecular weight excluding hydrogens is 223 g/mol. The summed E-state index contributed by atoms with van der Waals surface area (Å²) in [5.41, 5.74) is 6.32. The Bertz CT molecular complexity index is 389. The van der Waals surface area contributed by atoms with Crippen LogP contribution in [0, 0.1) is 11.2 Å². The first-order valence-corrected chi connectivity index (χ1v) is 5.54. The maximum Gasteiger partial charge on any atom is 0.142 e. The van der Waals surface area contributed by atoms with Gasteiger partial charge in [-0.05, 0) is 12.1 Å². The minimum atomic E-state index is -0.292. The van der Waals surface area contributed by atoms with Gasteiger partial charge in [0.15, 0.2) is 0 Å². The molecule has 0 atom stereocenters. The van der Waals surface area contributed by atoms with E-state index in [0.717, 1.165) is 0 Å². The molecule has 5 heteroatoms. The summed E-state index contributed by atoms with van der Waals surface area (Å²) in [7, 11) is 1.56. The van der Waals surface area contributed by atoms with Crippen LogP contribution in [0.2, 0.25) is 0 Å². The van der Waals surface area contributed by atoms with Crippen molar-refractivity contribution in [3.05, 3.63) is 24.0 Å². The molecule has 4 nitrogen and oxygen atoms in total. The van der Waals surface area contributed by atoms with E-state index in [-0.39, 0.29) is 11.2 Å². The topological polar surface area (TPSA) is 56.5 Å². The van der Waals surface area contributed by atoms with Gasteiger partial charge in [-0.15, -0.1) is 0 Å². The van der Waals surface area contributed by atoms with Crippen molar-refractivity contribution in [3.8, 4) is 5.75 Å². The van der Waals surface area contributed by atoms with E-state index in [1.165, 1.54) is 12.1 Å². The molecule has 17 heavy (non-hydrogen) atoms. The van der Waals surface area contributed by atoms with Crippen molar-refractivity contribution in [1.82, 2.24) is 0 Å². The fourth-order valence-electron chi connectivity index (χ4n) is 1.78. The number of halogens is 1. The lowest BCUT2D eigenvalue weighted by Crippen LogP contribution is -2.52. The van der Waals surface area contributed by atoms with E-state index in [4.69, 9.17) is 15.2 Å². The molecule has 2 rings (SSSR count). The second kappa shape index (κ2) is 4.89. The highest BCUT2D eigenvalue weighted by Gasteiger charge is 2.37. The van der Waals surface area contributed by atoms with Crippen LogP contribution in [0.5, 0.6) is 5.75 Å². The van der Waals surface area contributed by atoms with E-state index in [9.17, 15) is 4.39 Å². The molecule has 1 aromatic rings. The Morgan fingerprint density at radius 2 is 2.29 bits per heavy atom. The number of nitrogens with two attached hydrogens (primary N) is 1. The summed E-state index contributed by atoms with van der Waals surface area (Å²) in [5.74, 6) is 0.332. The van der Waals surface area contributed by atoms with Gasteiger partial charge < -0.3 is 20.5 Å². The maximum atomic E-state index is 13.1. The molecule has 1 saturated heterocycles. The number of hydrogen-bond donors (Lipinski definition) is 2. The molecule has 1 aliphatic heterocycles. The second-order valence-electron chi connectivity index (χ2n) is 4.40. The van der Waals surface area contributed by atoms with Gasteiger partial charge in [0.05, 0.1) is 26.0 Å². The van der Waals surface area contributed by atoms with Gasteiger partial charge in [-0.1, -0.05) is 0 Å². The minimum absolute atomic E-state index is 0.0304. The molecule has 0 bridgehead atoms. The molecule has 1 fully saturated rings. The van der Waals surface area contributed by atoms with Crippen molar-refractivity contribution >= 4 is 5.69 Å². The third kappa shape index (κ3) is 2.50. The molecule has 1 heterocycles. The molecule has 3 N–H and O–H groups in total. The van der Waals surface area contributed by atoms with Crippen molar-refractivity contribution in [2.75, 3.05) is 38.7 Å². The number of rotatable bonds is 5. The van der Waals surface area contributed by atoms with Crippen molar-refractivity contribution in [3.63, 3.8) is 0 Å². The van der Waals surface area contributed by atoms with E-state index < -0.39 is 0 Å². The van der Waals surface area contributed by atoms with Crippen molar-refractivity contribution < 1.29 is 13.9 Å². The fraction of sp³-hybridized carbons (Fsp3) is 0.500. The predicted molar refractivity (Wildman–Crippen MR) is 63.7 cm³/mol. The Morgan fingerprint density at radius 1 is 1.53 bits per heavy atom. The van der Waals surface area contributed by atoms with Gasteiger partial charge in [-0.3, -0.25) is 0 Å². The quantitative estimate of drug-likeness (QED) is 0.812. The summed E-state index contributed by atoms with van der Waals surface area (Å²) < 4.78 is 23.5. The minimum Gasteiger partial charge on any atom is -0.495 e. The van der Waals surface area contributed by atoms with Crippen molar-refractivity contribution in [2.24, 2.45) is 11.1 Å². The first-order chi connectivity index (χ1) is 8.19. The number of anilines is 1. The molecule has 0 amide bonds. The van der Waals surface area contributed by atoms with Crippen LogP contribution < -0.4 is 15.8 Å². The molecule has 0 spiro atoms. The van der Waals surface area contributed by atoms with Crippen LogP contribution in [0.3, 0.4) is 0 Å². The molecule has 0 unspecified atom stereocenters. The predicted octanol–water partition coefficient (Wildman–Crippen LogP) is 1.22. The summed E-state index contributed by atoms with van der Waals surface area (Å²) in [5, 5.41) is 3.17. The van der Waals surface area contributed by atoms with Crippen molar-refractivity contribution in [1.29, 1.82) is 0 Å². The Kier molecular flexibility index (Phi) is 3.49. The summed E-state index contributed by atoms with van der Waals surface area (Å²) in [6, 6.07) is 4.39. The molecule has 94 valence electrons. The van der Waals surface area contributed by atoms with Gasteiger partial charge >= 0.3 is 0 Å². The van der Waals surface area contributed by atoms with E-state index in [1.807, 2.05) is 0 Å².